The Labute approximate surface area is 113 Å². The predicted octanol–water partition coefficient (Wildman–Crippen LogP) is 1.69. The van der Waals surface area contributed by atoms with Gasteiger partial charge in [0.05, 0.1) is 32.1 Å². The molecule has 0 N–H and O–H groups in total. The van der Waals surface area contributed by atoms with Crippen LogP contribution in [0.5, 0.6) is 0 Å². The molecule has 0 amide bonds. The Morgan fingerprint density at radius 1 is 1.47 bits per heavy atom. The van der Waals surface area contributed by atoms with Crippen molar-refractivity contribution < 1.29 is 14.0 Å². The highest BCUT2D eigenvalue weighted by molar-refractivity contribution is 4.97. The first-order valence-electron chi connectivity index (χ1n) is 7.12. The minimum atomic E-state index is 0.379. The number of methoxy groups -OCH3 is 1. The Hall–Kier alpha value is -0.910. The molecule has 2 heterocycles. The summed E-state index contributed by atoms with van der Waals surface area (Å²) in [6, 6.07) is 2.38. The SMILES string of the molecule is CO[C@@H]1CCC[C@@H]1[C@@H]1COCCN1Cc1ccno1. The van der Waals surface area contributed by atoms with Crippen molar-refractivity contribution in [1.82, 2.24) is 10.1 Å². The zero-order valence-electron chi connectivity index (χ0n) is 11.5. The van der Waals surface area contributed by atoms with E-state index in [0.29, 0.717) is 18.1 Å². The number of ether oxygens (including phenoxy) is 2. The van der Waals surface area contributed by atoms with Crippen molar-refractivity contribution in [1.29, 1.82) is 0 Å². The van der Waals surface area contributed by atoms with Crippen molar-refractivity contribution in [3.05, 3.63) is 18.0 Å². The molecule has 0 radical (unpaired) electrons. The molecule has 3 atom stereocenters. The van der Waals surface area contributed by atoms with Crippen LogP contribution in [0, 0.1) is 5.92 Å². The van der Waals surface area contributed by atoms with Crippen molar-refractivity contribution in [3.63, 3.8) is 0 Å². The second-order valence-corrected chi connectivity index (χ2v) is 5.46. The molecular weight excluding hydrogens is 244 g/mol. The average Bonchev–Trinajstić information content (AvgIpc) is 3.09. The van der Waals surface area contributed by atoms with E-state index in [1.807, 2.05) is 13.2 Å². The molecule has 1 aromatic rings. The van der Waals surface area contributed by atoms with Crippen LogP contribution >= 0.6 is 0 Å². The third-order valence-electron chi connectivity index (χ3n) is 4.43. The molecule has 3 rings (SSSR count). The fourth-order valence-electron chi connectivity index (χ4n) is 3.46. The van der Waals surface area contributed by atoms with Gasteiger partial charge in [-0.15, -0.1) is 0 Å². The Kier molecular flexibility index (Phi) is 4.15. The van der Waals surface area contributed by atoms with E-state index in [1.54, 1.807) is 6.20 Å². The highest BCUT2D eigenvalue weighted by Gasteiger charge is 2.38. The molecule has 2 aliphatic rings. The monoisotopic (exact) mass is 266 g/mol. The molecule has 0 spiro atoms. The van der Waals surface area contributed by atoms with E-state index in [2.05, 4.69) is 10.1 Å². The molecular formula is C14H22N2O3. The lowest BCUT2D eigenvalue weighted by molar-refractivity contribution is -0.0630. The van der Waals surface area contributed by atoms with Gasteiger partial charge in [0.1, 0.15) is 0 Å². The Morgan fingerprint density at radius 2 is 2.42 bits per heavy atom. The van der Waals surface area contributed by atoms with Crippen LogP contribution in [0.2, 0.25) is 0 Å². The Morgan fingerprint density at radius 3 is 3.21 bits per heavy atom. The van der Waals surface area contributed by atoms with Crippen LogP contribution in [0.4, 0.5) is 0 Å². The number of aromatic nitrogens is 1. The highest BCUT2D eigenvalue weighted by atomic mass is 16.5. The van der Waals surface area contributed by atoms with Crippen LogP contribution in [0.15, 0.2) is 16.8 Å². The normalized spacial score (nSPS) is 32.8. The predicted molar refractivity (Wildman–Crippen MR) is 69.7 cm³/mol. The Bertz CT molecular complexity index is 382. The average molecular weight is 266 g/mol. The van der Waals surface area contributed by atoms with Gasteiger partial charge in [-0.25, -0.2) is 0 Å². The lowest BCUT2D eigenvalue weighted by Gasteiger charge is -2.40. The first kappa shape index (κ1) is 13.1. The molecule has 1 aromatic heterocycles. The fourth-order valence-corrected chi connectivity index (χ4v) is 3.46. The third-order valence-corrected chi connectivity index (χ3v) is 4.43. The smallest absolute Gasteiger partial charge is 0.150 e. The first-order valence-corrected chi connectivity index (χ1v) is 7.12. The number of rotatable bonds is 4. The maximum atomic E-state index is 5.69. The van der Waals surface area contributed by atoms with E-state index in [4.69, 9.17) is 14.0 Å². The summed E-state index contributed by atoms with van der Waals surface area (Å²) in [5, 5.41) is 3.78. The van der Waals surface area contributed by atoms with Gasteiger partial charge < -0.3 is 14.0 Å². The van der Waals surface area contributed by atoms with Gasteiger partial charge in [-0.1, -0.05) is 11.6 Å². The van der Waals surface area contributed by atoms with Gasteiger partial charge >= 0.3 is 0 Å². The summed E-state index contributed by atoms with van der Waals surface area (Å²) in [6.45, 7) is 3.38. The van der Waals surface area contributed by atoms with Gasteiger partial charge in [-0.3, -0.25) is 4.90 Å². The molecule has 0 aromatic carbocycles. The molecule has 1 saturated heterocycles. The maximum absolute atomic E-state index is 5.69. The molecule has 19 heavy (non-hydrogen) atoms. The lowest BCUT2D eigenvalue weighted by atomic mass is 9.94. The van der Waals surface area contributed by atoms with Gasteiger partial charge in [-0.2, -0.15) is 0 Å². The van der Waals surface area contributed by atoms with Crippen LogP contribution < -0.4 is 0 Å². The molecule has 1 aliphatic carbocycles. The van der Waals surface area contributed by atoms with Gasteiger partial charge in [-0.05, 0) is 12.8 Å². The molecule has 0 bridgehead atoms. The molecule has 106 valence electrons. The van der Waals surface area contributed by atoms with Crippen molar-refractivity contribution in [2.75, 3.05) is 26.9 Å². The van der Waals surface area contributed by atoms with Crippen molar-refractivity contribution in [2.24, 2.45) is 5.92 Å². The second kappa shape index (κ2) is 6.03. The molecule has 5 heteroatoms. The van der Waals surface area contributed by atoms with Gasteiger partial charge in [0.15, 0.2) is 5.76 Å². The maximum Gasteiger partial charge on any atom is 0.150 e. The van der Waals surface area contributed by atoms with Crippen molar-refractivity contribution >= 4 is 0 Å². The van der Waals surface area contributed by atoms with Crippen molar-refractivity contribution in [2.45, 2.75) is 38.0 Å². The largest absolute Gasteiger partial charge is 0.381 e. The van der Waals surface area contributed by atoms with Crippen LogP contribution in [-0.4, -0.2) is 49.1 Å². The van der Waals surface area contributed by atoms with E-state index in [0.717, 1.165) is 32.1 Å². The zero-order valence-corrected chi connectivity index (χ0v) is 11.5. The summed E-state index contributed by atoms with van der Waals surface area (Å²) in [5.41, 5.74) is 0. The van der Waals surface area contributed by atoms with E-state index in [-0.39, 0.29) is 0 Å². The molecule has 1 aliphatic heterocycles. The zero-order chi connectivity index (χ0) is 13.1. The van der Waals surface area contributed by atoms with E-state index < -0.39 is 0 Å². The molecule has 0 unspecified atom stereocenters. The topological polar surface area (TPSA) is 47.7 Å². The summed E-state index contributed by atoms with van der Waals surface area (Å²) in [7, 11) is 1.83. The first-order chi connectivity index (χ1) is 9.38. The minimum absolute atomic E-state index is 0.379. The fraction of sp³-hybridized carbons (Fsp3) is 0.786. The summed E-state index contributed by atoms with van der Waals surface area (Å²) < 4.78 is 16.6. The van der Waals surface area contributed by atoms with Gasteiger partial charge in [0, 0.05) is 31.7 Å². The number of morpholine rings is 1. The summed E-state index contributed by atoms with van der Waals surface area (Å²) in [6.07, 6.45) is 5.76. The number of hydrogen-bond acceptors (Lipinski definition) is 5. The van der Waals surface area contributed by atoms with Gasteiger partial charge in [0.25, 0.3) is 0 Å². The molecule has 1 saturated carbocycles. The summed E-state index contributed by atoms with van der Waals surface area (Å²) >= 11 is 0. The minimum Gasteiger partial charge on any atom is -0.381 e. The van der Waals surface area contributed by atoms with Crippen LogP contribution in [0.25, 0.3) is 0 Å². The lowest BCUT2D eigenvalue weighted by Crippen LogP contribution is -2.50. The van der Waals surface area contributed by atoms with E-state index in [9.17, 15) is 0 Å². The van der Waals surface area contributed by atoms with Crippen molar-refractivity contribution in [3.8, 4) is 0 Å². The van der Waals surface area contributed by atoms with Gasteiger partial charge in [0.2, 0.25) is 0 Å². The van der Waals surface area contributed by atoms with Crippen LogP contribution in [0.1, 0.15) is 25.0 Å². The van der Waals surface area contributed by atoms with E-state index in [1.165, 1.54) is 19.3 Å². The Balaban J connectivity index is 1.69. The summed E-state index contributed by atoms with van der Waals surface area (Å²) in [4.78, 5) is 2.46. The number of nitrogens with zero attached hydrogens (tertiary/aromatic N) is 2. The quantitative estimate of drug-likeness (QED) is 0.830. The molecule has 5 nitrogen and oxygen atoms in total. The number of hydrogen-bond donors (Lipinski definition) is 0. The van der Waals surface area contributed by atoms with Crippen LogP contribution in [0.3, 0.4) is 0 Å². The second-order valence-electron chi connectivity index (χ2n) is 5.46. The standard InChI is InChI=1S/C14H22N2O3/c1-17-14-4-2-3-12(14)13-10-18-8-7-16(13)9-11-5-6-15-19-11/h5-6,12-14H,2-4,7-10H2,1H3/t12-,13+,14-/m1/s1. The highest BCUT2D eigenvalue weighted by Crippen LogP contribution is 2.34. The summed E-state index contributed by atoms with van der Waals surface area (Å²) in [5.74, 6) is 1.51. The van der Waals surface area contributed by atoms with E-state index >= 15 is 0 Å². The molecule has 2 fully saturated rings. The van der Waals surface area contributed by atoms with Crippen LogP contribution in [-0.2, 0) is 16.0 Å². The third kappa shape index (κ3) is 2.83.